The number of rotatable bonds is 5. The van der Waals surface area contributed by atoms with Crippen molar-refractivity contribution in [3.8, 4) is 0 Å². The Morgan fingerprint density at radius 3 is 2.36 bits per heavy atom. The Labute approximate surface area is 166 Å². The van der Waals surface area contributed by atoms with E-state index in [1.54, 1.807) is 0 Å². The van der Waals surface area contributed by atoms with Gasteiger partial charge in [0.25, 0.3) is 5.91 Å². The van der Waals surface area contributed by atoms with Crippen molar-refractivity contribution in [1.29, 1.82) is 0 Å². The number of quaternary nitrogens is 1. The minimum Gasteiger partial charge on any atom is -0.325 e. The number of carbonyl (C=O) groups excluding carboxylic acids is 1. The summed E-state index contributed by atoms with van der Waals surface area (Å²) in [6.45, 7) is 1.46. The van der Waals surface area contributed by atoms with Crippen LogP contribution in [0.5, 0.6) is 0 Å². The van der Waals surface area contributed by atoms with Crippen LogP contribution < -0.4 is 10.2 Å². The lowest BCUT2D eigenvalue weighted by atomic mass is 10.3. The Hall–Kier alpha value is -2.07. The lowest BCUT2D eigenvalue weighted by Crippen LogP contribution is -3.15. The number of hydrogen-bond acceptors (Lipinski definition) is 3. The van der Waals surface area contributed by atoms with Gasteiger partial charge in [-0.1, -0.05) is 11.6 Å². The van der Waals surface area contributed by atoms with Gasteiger partial charge in [0.05, 0.1) is 36.8 Å². The van der Waals surface area contributed by atoms with Crippen LogP contribution in [0.4, 0.5) is 14.5 Å². The summed E-state index contributed by atoms with van der Waals surface area (Å²) in [5.74, 6) is -1.99. The number of nitrogens with zero attached hydrogens (tertiary/aromatic N) is 1. The minimum absolute atomic E-state index is 0.0612. The smallest absolute Gasteiger partial charge is 0.279 e. The molecule has 0 radical (unpaired) electrons. The van der Waals surface area contributed by atoms with Gasteiger partial charge in [-0.3, -0.25) is 4.79 Å². The van der Waals surface area contributed by atoms with Crippen molar-refractivity contribution < 1.29 is 26.9 Å². The van der Waals surface area contributed by atoms with Gasteiger partial charge in [0.15, 0.2) is 6.54 Å². The van der Waals surface area contributed by atoms with Crippen LogP contribution in [0.3, 0.4) is 0 Å². The molecule has 1 amide bonds. The Balaban J connectivity index is 1.55. The SMILES string of the molecule is O=C(C[NH+]1CCN(S(=O)(=O)c2ccc(Cl)cc2)CC1)Nc1ccc(F)cc1F. The molecule has 1 aliphatic heterocycles. The van der Waals surface area contributed by atoms with Gasteiger partial charge in [-0.15, -0.1) is 0 Å². The number of carbonyl (C=O) groups is 1. The van der Waals surface area contributed by atoms with Gasteiger partial charge in [0.1, 0.15) is 11.6 Å². The summed E-state index contributed by atoms with van der Waals surface area (Å²) >= 11 is 5.80. The van der Waals surface area contributed by atoms with Crippen LogP contribution in [0.25, 0.3) is 0 Å². The first-order valence-corrected chi connectivity index (χ1v) is 10.4. The highest BCUT2D eigenvalue weighted by Crippen LogP contribution is 2.18. The zero-order chi connectivity index (χ0) is 20.3. The Bertz CT molecular complexity index is 963. The molecule has 2 N–H and O–H groups in total. The van der Waals surface area contributed by atoms with Gasteiger partial charge in [0.2, 0.25) is 10.0 Å². The first kappa shape index (κ1) is 20.7. The molecule has 6 nitrogen and oxygen atoms in total. The number of amides is 1. The zero-order valence-corrected chi connectivity index (χ0v) is 16.4. The first-order chi connectivity index (χ1) is 13.3. The van der Waals surface area contributed by atoms with E-state index in [4.69, 9.17) is 11.6 Å². The first-order valence-electron chi connectivity index (χ1n) is 8.60. The molecule has 0 spiro atoms. The third-order valence-electron chi connectivity index (χ3n) is 4.50. The maximum atomic E-state index is 13.6. The van der Waals surface area contributed by atoms with Gasteiger partial charge in [-0.05, 0) is 36.4 Å². The molecule has 3 rings (SSSR count). The van der Waals surface area contributed by atoms with Crippen LogP contribution in [0.1, 0.15) is 0 Å². The van der Waals surface area contributed by atoms with E-state index >= 15 is 0 Å². The summed E-state index contributed by atoms with van der Waals surface area (Å²) in [5, 5.41) is 2.87. The van der Waals surface area contributed by atoms with Crippen molar-refractivity contribution in [2.75, 3.05) is 38.0 Å². The summed E-state index contributed by atoms with van der Waals surface area (Å²) in [4.78, 5) is 13.2. The fraction of sp³-hybridized carbons (Fsp3) is 0.278. The zero-order valence-electron chi connectivity index (χ0n) is 14.8. The third-order valence-corrected chi connectivity index (χ3v) is 6.66. The Kier molecular flexibility index (Phi) is 6.29. The van der Waals surface area contributed by atoms with Crippen molar-refractivity contribution in [1.82, 2.24) is 4.31 Å². The van der Waals surface area contributed by atoms with Gasteiger partial charge in [0, 0.05) is 11.1 Å². The molecular weight excluding hydrogens is 412 g/mol. The predicted octanol–water partition coefficient (Wildman–Crippen LogP) is 1.15. The van der Waals surface area contributed by atoms with E-state index < -0.39 is 27.6 Å². The van der Waals surface area contributed by atoms with Crippen LogP contribution in [0, 0.1) is 11.6 Å². The Morgan fingerprint density at radius 1 is 1.11 bits per heavy atom. The van der Waals surface area contributed by atoms with Crippen LogP contribution in [0.2, 0.25) is 5.02 Å². The summed E-state index contributed by atoms with van der Waals surface area (Å²) in [7, 11) is -3.61. The van der Waals surface area contributed by atoms with E-state index in [0.717, 1.165) is 17.0 Å². The molecule has 1 aliphatic rings. The van der Waals surface area contributed by atoms with Crippen molar-refractivity contribution in [3.05, 3.63) is 59.1 Å². The minimum atomic E-state index is -3.61. The molecule has 2 aromatic rings. The molecule has 1 fully saturated rings. The maximum absolute atomic E-state index is 13.6. The topological polar surface area (TPSA) is 70.9 Å². The number of nitrogens with one attached hydrogen (secondary N) is 2. The van der Waals surface area contributed by atoms with E-state index in [9.17, 15) is 22.0 Å². The maximum Gasteiger partial charge on any atom is 0.279 e. The highest BCUT2D eigenvalue weighted by Gasteiger charge is 2.31. The van der Waals surface area contributed by atoms with Crippen molar-refractivity contribution >= 4 is 33.2 Å². The monoisotopic (exact) mass is 430 g/mol. The molecule has 0 aliphatic carbocycles. The van der Waals surface area contributed by atoms with Gasteiger partial charge < -0.3 is 10.2 Å². The van der Waals surface area contributed by atoms with Crippen molar-refractivity contribution in [2.24, 2.45) is 0 Å². The normalized spacial score (nSPS) is 16.1. The van der Waals surface area contributed by atoms with E-state index in [1.807, 2.05) is 0 Å². The third kappa shape index (κ3) is 4.85. The van der Waals surface area contributed by atoms with Crippen LogP contribution in [-0.4, -0.2) is 51.4 Å². The van der Waals surface area contributed by atoms with Gasteiger partial charge in [-0.2, -0.15) is 4.31 Å². The molecular formula is C18H19ClF2N3O3S+. The second-order valence-corrected chi connectivity index (χ2v) is 8.83. The second-order valence-electron chi connectivity index (χ2n) is 6.46. The molecule has 150 valence electrons. The van der Waals surface area contributed by atoms with Gasteiger partial charge >= 0.3 is 0 Å². The molecule has 0 atom stereocenters. The largest absolute Gasteiger partial charge is 0.325 e. The number of sulfonamides is 1. The van der Waals surface area contributed by atoms with Crippen LogP contribution in [0.15, 0.2) is 47.4 Å². The lowest BCUT2D eigenvalue weighted by molar-refractivity contribution is -0.895. The lowest BCUT2D eigenvalue weighted by Gasteiger charge is -2.31. The van der Waals surface area contributed by atoms with Crippen LogP contribution in [-0.2, 0) is 14.8 Å². The number of benzene rings is 2. The standard InChI is InChI=1S/C18H18ClF2N3O3S/c19-13-1-4-15(5-2-13)28(26,27)24-9-7-23(8-10-24)12-18(25)22-17-6-3-14(20)11-16(17)21/h1-6,11H,7-10,12H2,(H,22,25)/p+1. The predicted molar refractivity (Wildman–Crippen MR) is 101 cm³/mol. The number of hydrogen-bond donors (Lipinski definition) is 2. The molecule has 28 heavy (non-hydrogen) atoms. The average Bonchev–Trinajstić information content (AvgIpc) is 2.65. The number of halogens is 3. The van der Waals surface area contributed by atoms with Crippen LogP contribution >= 0.6 is 11.6 Å². The number of anilines is 1. The number of piperazine rings is 1. The molecule has 0 saturated carbocycles. The molecule has 10 heteroatoms. The van der Waals surface area contributed by atoms with Crippen molar-refractivity contribution in [2.45, 2.75) is 4.90 Å². The molecule has 2 aromatic carbocycles. The van der Waals surface area contributed by atoms with E-state index in [1.165, 1.54) is 28.6 Å². The highest BCUT2D eigenvalue weighted by atomic mass is 35.5. The van der Waals surface area contributed by atoms with Crippen molar-refractivity contribution in [3.63, 3.8) is 0 Å². The Morgan fingerprint density at radius 2 is 1.75 bits per heavy atom. The molecule has 0 aromatic heterocycles. The molecule has 0 unspecified atom stereocenters. The van der Waals surface area contributed by atoms with E-state index in [2.05, 4.69) is 5.32 Å². The molecule has 1 heterocycles. The summed E-state index contributed by atoms with van der Waals surface area (Å²) in [6, 6.07) is 8.89. The van der Waals surface area contributed by atoms with E-state index in [-0.39, 0.29) is 30.2 Å². The molecule has 0 bridgehead atoms. The fourth-order valence-corrected chi connectivity index (χ4v) is 4.55. The summed E-state index contributed by atoms with van der Waals surface area (Å²) in [5.41, 5.74) is -0.0882. The second kappa shape index (κ2) is 8.52. The van der Waals surface area contributed by atoms with Gasteiger partial charge in [-0.25, -0.2) is 17.2 Å². The average molecular weight is 431 g/mol. The summed E-state index contributed by atoms with van der Waals surface area (Å²) < 4.78 is 53.2. The quantitative estimate of drug-likeness (QED) is 0.747. The fourth-order valence-electron chi connectivity index (χ4n) is 2.99. The molecule has 1 saturated heterocycles. The van der Waals surface area contributed by atoms with E-state index in [0.29, 0.717) is 24.2 Å². The highest BCUT2D eigenvalue weighted by molar-refractivity contribution is 7.89. The summed E-state index contributed by atoms with van der Waals surface area (Å²) in [6.07, 6.45) is 0.